The minimum Gasteiger partial charge on any atom is -0.494 e. The SMILES string of the molecule is COC(=O)Cn1nc(-c2cc(OCCCC3CCCCC3)ccc2F)c2cccc(C)c21.COC(=O)Cn1nc(-c2cc(OCCCC3CCCCC3)ccc2F)c2ccccc21.COC(=O)Cn1nc(-c2ccccc2C#N)c2ccccc21.[C-]#[N+]c1cccc(-c2nn(CC(=O)OC)c3ccccc23)c1. The summed E-state index contributed by atoms with van der Waals surface area (Å²) in [6.07, 6.45) is 17.9. The number of aromatic nitrogens is 8. The van der Waals surface area contributed by atoms with Crippen molar-refractivity contribution in [3.63, 3.8) is 0 Å². The van der Waals surface area contributed by atoms with Crippen molar-refractivity contribution >= 4 is 73.2 Å². The van der Waals surface area contributed by atoms with Crippen molar-refractivity contribution in [2.75, 3.05) is 41.7 Å². The summed E-state index contributed by atoms with van der Waals surface area (Å²) in [7, 11) is 5.38. The lowest BCUT2D eigenvalue weighted by Gasteiger charge is -2.21. The molecule has 0 unspecified atom stereocenters. The van der Waals surface area contributed by atoms with Gasteiger partial charge in [0.25, 0.3) is 0 Å². The summed E-state index contributed by atoms with van der Waals surface area (Å²) in [4.78, 5) is 50.2. The number of benzene rings is 8. The van der Waals surface area contributed by atoms with Crippen LogP contribution in [0.5, 0.6) is 11.5 Å². The summed E-state index contributed by atoms with van der Waals surface area (Å²) in [6.45, 7) is 10.3. The second-order valence-electron chi connectivity index (χ2n) is 26.4. The number of methoxy groups -OCH3 is 4. The zero-order valence-electron chi connectivity index (χ0n) is 60.9. The van der Waals surface area contributed by atoms with Crippen molar-refractivity contribution in [1.29, 1.82) is 5.26 Å². The molecule has 0 bridgehead atoms. The van der Waals surface area contributed by atoms with E-state index in [9.17, 15) is 33.2 Å². The molecule has 22 heteroatoms. The number of hydrogen-bond donors (Lipinski definition) is 0. The van der Waals surface area contributed by atoms with E-state index in [2.05, 4.69) is 31.3 Å². The first-order valence-corrected chi connectivity index (χ1v) is 36.1. The van der Waals surface area contributed by atoms with Crippen LogP contribution in [0.25, 0.3) is 93.5 Å². The zero-order chi connectivity index (χ0) is 75.2. The van der Waals surface area contributed by atoms with Gasteiger partial charge in [-0.1, -0.05) is 173 Å². The smallest absolute Gasteiger partial charge is 0.327 e. The second kappa shape index (κ2) is 37.1. The van der Waals surface area contributed by atoms with Gasteiger partial charge in [0.15, 0.2) is 5.69 Å². The maximum Gasteiger partial charge on any atom is 0.327 e. The van der Waals surface area contributed by atoms with Crippen molar-refractivity contribution in [2.45, 2.75) is 123 Å². The number of halogens is 2. The van der Waals surface area contributed by atoms with Crippen LogP contribution in [0.3, 0.4) is 0 Å². The Labute approximate surface area is 620 Å². The lowest BCUT2D eigenvalue weighted by atomic mass is 9.86. The molecule has 0 spiro atoms. The Kier molecular flexibility index (Phi) is 26.4. The molecule has 550 valence electrons. The highest BCUT2D eigenvalue weighted by molar-refractivity contribution is 5.98. The number of carbonyl (C=O) groups is 4. The number of carbonyl (C=O) groups excluding carboxylic acids is 4. The van der Waals surface area contributed by atoms with E-state index in [1.165, 1.54) is 118 Å². The van der Waals surface area contributed by atoms with Crippen LogP contribution < -0.4 is 9.47 Å². The van der Waals surface area contributed by atoms with Crippen molar-refractivity contribution in [1.82, 2.24) is 39.1 Å². The normalized spacial score (nSPS) is 12.9. The summed E-state index contributed by atoms with van der Waals surface area (Å²) in [6, 6.07) is 54.9. The highest BCUT2D eigenvalue weighted by Gasteiger charge is 2.24. The Morgan fingerprint density at radius 2 is 0.869 bits per heavy atom. The molecule has 2 fully saturated rings. The van der Waals surface area contributed by atoms with Gasteiger partial charge >= 0.3 is 23.9 Å². The minimum absolute atomic E-state index is 0.0309. The third-order valence-electron chi connectivity index (χ3n) is 19.4. The summed E-state index contributed by atoms with van der Waals surface area (Å²) in [5.41, 5.74) is 10.1. The van der Waals surface area contributed by atoms with Gasteiger partial charge in [-0.3, -0.25) is 37.9 Å². The Bertz CT molecular complexity index is 5190. The van der Waals surface area contributed by atoms with Crippen molar-refractivity contribution in [2.24, 2.45) is 11.8 Å². The average Bonchev–Trinajstić information content (AvgIpc) is 1.60. The van der Waals surface area contributed by atoms with Gasteiger partial charge in [-0.25, -0.2) is 13.6 Å². The van der Waals surface area contributed by atoms with Gasteiger partial charge in [0.1, 0.15) is 66.4 Å². The summed E-state index contributed by atoms with van der Waals surface area (Å²) < 4.78 is 66.9. The molecule has 0 saturated heterocycles. The van der Waals surface area contributed by atoms with E-state index in [0.29, 0.717) is 64.2 Å². The molecule has 0 amide bonds. The molecule has 0 radical (unpaired) electrons. The molecule has 0 aliphatic heterocycles. The molecule has 0 N–H and O–H groups in total. The molecule has 20 nitrogen and oxygen atoms in total. The minimum atomic E-state index is -0.407. The van der Waals surface area contributed by atoms with E-state index >= 15 is 0 Å². The molecular formula is C85H86F2N10O10. The number of nitriles is 1. The van der Waals surface area contributed by atoms with Crippen molar-refractivity contribution in [3.8, 4) is 62.6 Å². The highest BCUT2D eigenvalue weighted by atomic mass is 19.1. The summed E-state index contributed by atoms with van der Waals surface area (Å²) in [5.74, 6) is 0.641. The van der Waals surface area contributed by atoms with E-state index in [1.54, 1.807) is 61.2 Å². The van der Waals surface area contributed by atoms with Crippen molar-refractivity contribution in [3.05, 3.63) is 210 Å². The lowest BCUT2D eigenvalue weighted by molar-refractivity contribution is -0.142. The first-order valence-electron chi connectivity index (χ1n) is 36.1. The maximum absolute atomic E-state index is 14.9. The average molecular weight is 1450 g/mol. The van der Waals surface area contributed by atoms with E-state index in [0.717, 1.165) is 90.7 Å². The van der Waals surface area contributed by atoms with Crippen LogP contribution in [0, 0.1) is 48.3 Å². The van der Waals surface area contributed by atoms with Crippen LogP contribution in [0.2, 0.25) is 0 Å². The molecule has 8 aromatic carbocycles. The van der Waals surface area contributed by atoms with E-state index in [4.69, 9.17) is 35.0 Å². The van der Waals surface area contributed by atoms with Crippen LogP contribution >= 0.6 is 0 Å². The predicted octanol–water partition coefficient (Wildman–Crippen LogP) is 18.0. The predicted molar refractivity (Wildman–Crippen MR) is 407 cm³/mol. The standard InChI is InChI=1S/C26H31FN2O3.C25H29FN2O3.2C17H13N3O2/c1-18-8-6-12-21-25(28-29(26(18)21)17-24(30)31-2)22-16-20(13-14-23(22)27)32-15-7-11-19-9-4-3-5-10-19;1-30-24(29)17-28-23-12-6-5-11-20(23)25(27-28)21-16-19(13-14-22(21)26)31-15-7-10-18-8-3-2-4-9-18;1-18-13-7-5-6-12(10-13)17-14-8-3-4-9-15(14)20(19-17)11-16(21)22-2;1-22-16(21)11-20-15-9-5-4-8-14(15)17(19-20)13-7-3-2-6-12(13)10-18/h6,8,12-14,16,19H,3-5,7,9-11,15,17H2,1-2H3;5-6,11-14,16,18H,2-4,7-10,15,17H2,1H3;3-10H,11H2,2H3;2-9H,11H2,1H3. The van der Waals surface area contributed by atoms with Crippen LogP contribution in [0.4, 0.5) is 14.5 Å². The molecule has 4 aromatic heterocycles. The number of rotatable bonds is 22. The summed E-state index contributed by atoms with van der Waals surface area (Å²) in [5, 5.41) is 30.9. The van der Waals surface area contributed by atoms with Crippen LogP contribution in [-0.2, 0) is 64.3 Å². The number of fused-ring (bicyclic) bond motifs is 4. The number of para-hydroxylation sites is 4. The molecule has 107 heavy (non-hydrogen) atoms. The monoisotopic (exact) mass is 1440 g/mol. The fourth-order valence-corrected chi connectivity index (χ4v) is 14.0. The number of esters is 4. The Morgan fingerprint density at radius 3 is 1.35 bits per heavy atom. The molecule has 2 aliphatic carbocycles. The molecule has 12 aromatic rings. The van der Waals surface area contributed by atoms with Gasteiger partial charge in [-0.05, 0) is 122 Å². The third-order valence-corrected chi connectivity index (χ3v) is 19.4. The maximum atomic E-state index is 14.9. The van der Waals surface area contributed by atoms with Crippen LogP contribution in [-0.4, -0.2) is 105 Å². The fraction of sp³-hybridized carbons (Fsp3) is 0.318. The van der Waals surface area contributed by atoms with Crippen LogP contribution in [0.1, 0.15) is 101 Å². The Morgan fingerprint density at radius 1 is 0.467 bits per heavy atom. The van der Waals surface area contributed by atoms with E-state index < -0.39 is 11.9 Å². The van der Waals surface area contributed by atoms with Gasteiger partial charge in [-0.15, -0.1) is 0 Å². The van der Waals surface area contributed by atoms with Gasteiger partial charge in [0, 0.05) is 38.2 Å². The first kappa shape index (κ1) is 76.1. The molecular weight excluding hydrogens is 1360 g/mol. The summed E-state index contributed by atoms with van der Waals surface area (Å²) >= 11 is 0. The molecule has 0 atom stereocenters. The Balaban J connectivity index is 0.000000144. The number of ether oxygens (including phenoxy) is 6. The third kappa shape index (κ3) is 19.1. The largest absolute Gasteiger partial charge is 0.494 e. The van der Waals surface area contributed by atoms with Crippen LogP contribution in [0.15, 0.2) is 176 Å². The number of aryl methyl sites for hydroxylation is 1. The van der Waals surface area contributed by atoms with Gasteiger partial charge in [0.05, 0.1) is 87.6 Å². The fourth-order valence-electron chi connectivity index (χ4n) is 14.0. The number of hydrogen-bond acceptors (Lipinski definition) is 15. The lowest BCUT2D eigenvalue weighted by Crippen LogP contribution is -2.13. The quantitative estimate of drug-likeness (QED) is 0.0266. The van der Waals surface area contributed by atoms with Gasteiger partial charge in [0.2, 0.25) is 0 Å². The second-order valence-corrected chi connectivity index (χ2v) is 26.4. The van der Waals surface area contributed by atoms with Crippen molar-refractivity contribution < 1.29 is 56.4 Å². The topological polar surface area (TPSA) is 223 Å². The Hall–Kier alpha value is -12.0. The molecule has 2 aliphatic rings. The molecule has 2 saturated carbocycles. The zero-order valence-corrected chi connectivity index (χ0v) is 60.9. The molecule has 14 rings (SSSR count). The number of nitrogens with zero attached hydrogens (tertiary/aromatic N) is 10. The first-order chi connectivity index (χ1) is 52.2. The van der Waals surface area contributed by atoms with Gasteiger partial charge < -0.3 is 28.4 Å². The van der Waals surface area contributed by atoms with E-state index in [-0.39, 0.29) is 49.8 Å². The van der Waals surface area contributed by atoms with Gasteiger partial charge in [-0.2, -0.15) is 25.7 Å². The highest BCUT2D eigenvalue weighted by Crippen LogP contribution is 2.38. The molecule has 4 heterocycles. The van der Waals surface area contributed by atoms with E-state index in [1.807, 2.05) is 128 Å².